The molecule has 1 aromatic heterocycles. The first-order valence-electron chi connectivity index (χ1n) is 9.81. The number of nitrogens with zero attached hydrogens (tertiary/aromatic N) is 2. The first-order chi connectivity index (χ1) is 14.6. The molecule has 1 atom stereocenters. The molecule has 0 radical (unpaired) electrons. The fourth-order valence-electron chi connectivity index (χ4n) is 3.48. The molecule has 4 rings (SSSR count). The molecule has 2 aliphatic heterocycles. The van der Waals surface area contributed by atoms with Gasteiger partial charge in [-0.1, -0.05) is 12.1 Å². The van der Waals surface area contributed by atoms with E-state index in [1.807, 2.05) is 42.5 Å². The predicted molar refractivity (Wildman–Crippen MR) is 121 cm³/mol. The summed E-state index contributed by atoms with van der Waals surface area (Å²) in [7, 11) is 1.66. The highest BCUT2D eigenvalue weighted by molar-refractivity contribution is 7.98. The Morgan fingerprint density at radius 2 is 2.30 bits per heavy atom. The number of thioether (sulfide) groups is 1. The third-order valence-electron chi connectivity index (χ3n) is 5.00. The normalized spacial score (nSPS) is 20.1. The molecule has 2 aromatic rings. The average Bonchev–Trinajstić information content (AvgIpc) is 3.37. The summed E-state index contributed by atoms with van der Waals surface area (Å²) in [6.45, 7) is 1.25. The third kappa shape index (κ3) is 4.83. The monoisotopic (exact) mass is 441 g/mol. The average molecular weight is 442 g/mol. The van der Waals surface area contributed by atoms with Crippen molar-refractivity contribution < 1.29 is 14.3 Å². The van der Waals surface area contributed by atoms with Gasteiger partial charge >= 0.3 is 0 Å². The minimum absolute atomic E-state index is 0.0595. The van der Waals surface area contributed by atoms with Crippen LogP contribution in [0.2, 0.25) is 0 Å². The van der Waals surface area contributed by atoms with Gasteiger partial charge in [0, 0.05) is 24.1 Å². The van der Waals surface area contributed by atoms with Crippen molar-refractivity contribution in [1.82, 2.24) is 15.2 Å². The summed E-state index contributed by atoms with van der Waals surface area (Å²) in [5, 5.41) is 4.43. The lowest BCUT2D eigenvalue weighted by molar-refractivity contribution is -0.123. The molecule has 2 saturated heterocycles. The van der Waals surface area contributed by atoms with Gasteiger partial charge in [0.15, 0.2) is 5.11 Å². The molecule has 0 saturated carbocycles. The number of pyridine rings is 1. The van der Waals surface area contributed by atoms with E-state index in [0.717, 1.165) is 41.4 Å². The number of amides is 1. The van der Waals surface area contributed by atoms with Crippen LogP contribution in [0.4, 0.5) is 0 Å². The molecule has 1 N–H and O–H groups in total. The van der Waals surface area contributed by atoms with Gasteiger partial charge < -0.3 is 14.8 Å². The molecular weight excluding hydrogens is 418 g/mol. The van der Waals surface area contributed by atoms with Crippen LogP contribution >= 0.6 is 24.0 Å². The Labute approximate surface area is 185 Å². The second-order valence-corrected chi connectivity index (χ2v) is 8.45. The van der Waals surface area contributed by atoms with E-state index in [-0.39, 0.29) is 12.0 Å². The molecule has 0 bridgehead atoms. The maximum absolute atomic E-state index is 12.8. The van der Waals surface area contributed by atoms with Crippen LogP contribution in [0.1, 0.15) is 24.0 Å². The molecular formula is C22H23N3O3S2. The number of hydrogen-bond donors (Lipinski definition) is 1. The Morgan fingerprint density at radius 1 is 1.40 bits per heavy atom. The van der Waals surface area contributed by atoms with Crippen LogP contribution in [-0.2, 0) is 15.3 Å². The second-order valence-electron chi connectivity index (χ2n) is 7.07. The van der Waals surface area contributed by atoms with Crippen LogP contribution < -0.4 is 10.1 Å². The van der Waals surface area contributed by atoms with Gasteiger partial charge in [0.25, 0.3) is 5.91 Å². The van der Waals surface area contributed by atoms with Crippen LogP contribution in [0.25, 0.3) is 6.08 Å². The van der Waals surface area contributed by atoms with Crippen LogP contribution in [0.15, 0.2) is 53.3 Å². The van der Waals surface area contributed by atoms with E-state index >= 15 is 0 Å². The summed E-state index contributed by atoms with van der Waals surface area (Å²) in [6.07, 6.45) is 5.66. The molecule has 8 heteroatoms. The number of carbonyl (C=O) groups excluding carboxylic acids is 1. The largest absolute Gasteiger partial charge is 0.496 e. The van der Waals surface area contributed by atoms with Crippen LogP contribution in [0.3, 0.4) is 0 Å². The first kappa shape index (κ1) is 20.8. The lowest BCUT2D eigenvalue weighted by Crippen LogP contribution is -2.37. The molecule has 3 heterocycles. The van der Waals surface area contributed by atoms with Gasteiger partial charge in [-0.25, -0.2) is 4.98 Å². The zero-order chi connectivity index (χ0) is 20.9. The fraction of sp³-hybridized carbons (Fsp3) is 0.318. The highest BCUT2D eigenvalue weighted by Gasteiger charge is 2.33. The minimum atomic E-state index is -0.115. The van der Waals surface area contributed by atoms with Crippen LogP contribution in [0.5, 0.6) is 5.75 Å². The second kappa shape index (κ2) is 9.59. The lowest BCUT2D eigenvalue weighted by atomic mass is 10.1. The molecule has 30 heavy (non-hydrogen) atoms. The van der Waals surface area contributed by atoms with Crippen LogP contribution in [-0.4, -0.2) is 47.3 Å². The zero-order valence-electron chi connectivity index (χ0n) is 16.7. The number of methoxy groups -OCH3 is 1. The molecule has 2 fully saturated rings. The number of nitrogens with one attached hydrogen (secondary N) is 1. The van der Waals surface area contributed by atoms with Crippen molar-refractivity contribution in [2.45, 2.75) is 29.7 Å². The number of rotatable bonds is 7. The standard InChI is InChI=1S/C22H23N3O3S2/c1-27-19-8-7-15(11-16(19)14-30-20-6-2-3-9-23-20)12-18-21(26)25(22(29)24-18)13-17-5-4-10-28-17/h2-3,6-9,11-12,17H,4-5,10,13-14H2,1H3,(H,24,29)/b18-12+. The molecule has 6 nitrogen and oxygen atoms in total. The van der Waals surface area contributed by atoms with Gasteiger partial charge in [-0.3, -0.25) is 9.69 Å². The molecule has 0 spiro atoms. The molecule has 156 valence electrons. The Hall–Kier alpha value is -2.42. The topological polar surface area (TPSA) is 63.7 Å². The van der Waals surface area contributed by atoms with Gasteiger partial charge in [0.1, 0.15) is 11.4 Å². The van der Waals surface area contributed by atoms with E-state index in [1.165, 1.54) is 0 Å². The van der Waals surface area contributed by atoms with E-state index in [9.17, 15) is 4.79 Å². The van der Waals surface area contributed by atoms with E-state index in [0.29, 0.717) is 23.1 Å². The molecule has 1 aromatic carbocycles. The Morgan fingerprint density at radius 3 is 3.03 bits per heavy atom. The van der Waals surface area contributed by atoms with Crippen LogP contribution in [0, 0.1) is 0 Å². The van der Waals surface area contributed by atoms with E-state index in [4.69, 9.17) is 21.7 Å². The van der Waals surface area contributed by atoms with Crippen molar-refractivity contribution in [1.29, 1.82) is 0 Å². The van der Waals surface area contributed by atoms with Gasteiger partial charge in [0.05, 0.1) is 24.8 Å². The Balaban J connectivity index is 1.49. The summed E-state index contributed by atoms with van der Waals surface area (Å²) >= 11 is 7.01. The summed E-state index contributed by atoms with van der Waals surface area (Å²) in [5.41, 5.74) is 2.42. The quantitative estimate of drug-likeness (QED) is 0.400. The highest BCUT2D eigenvalue weighted by atomic mass is 32.2. The van der Waals surface area contributed by atoms with Gasteiger partial charge in [-0.05, 0) is 61.0 Å². The summed E-state index contributed by atoms with van der Waals surface area (Å²) in [4.78, 5) is 18.8. The van der Waals surface area contributed by atoms with E-state index in [2.05, 4.69) is 10.3 Å². The van der Waals surface area contributed by atoms with Crippen molar-refractivity contribution >= 4 is 41.1 Å². The summed E-state index contributed by atoms with van der Waals surface area (Å²) < 4.78 is 11.2. The summed E-state index contributed by atoms with van der Waals surface area (Å²) in [6, 6.07) is 11.7. The smallest absolute Gasteiger partial charge is 0.276 e. The van der Waals surface area contributed by atoms with Crippen molar-refractivity contribution in [2.75, 3.05) is 20.3 Å². The highest BCUT2D eigenvalue weighted by Crippen LogP contribution is 2.29. The van der Waals surface area contributed by atoms with Crippen molar-refractivity contribution in [3.05, 3.63) is 59.4 Å². The maximum atomic E-state index is 12.8. The molecule has 1 amide bonds. The number of thiocarbonyl (C=S) groups is 1. The molecule has 2 aliphatic rings. The van der Waals surface area contributed by atoms with Gasteiger partial charge in [-0.2, -0.15) is 0 Å². The number of aromatic nitrogens is 1. The lowest BCUT2D eigenvalue weighted by Gasteiger charge is -2.18. The fourth-order valence-corrected chi connectivity index (χ4v) is 4.59. The van der Waals surface area contributed by atoms with Crippen molar-refractivity contribution in [3.8, 4) is 5.75 Å². The van der Waals surface area contributed by atoms with Gasteiger partial charge in [0.2, 0.25) is 0 Å². The third-order valence-corrected chi connectivity index (χ3v) is 6.32. The molecule has 0 aliphatic carbocycles. The minimum Gasteiger partial charge on any atom is -0.496 e. The number of carbonyl (C=O) groups is 1. The number of hydrogen-bond acceptors (Lipinski definition) is 6. The number of ether oxygens (including phenoxy) is 2. The van der Waals surface area contributed by atoms with Crippen molar-refractivity contribution in [3.63, 3.8) is 0 Å². The van der Waals surface area contributed by atoms with E-state index in [1.54, 1.807) is 30.0 Å². The SMILES string of the molecule is COc1ccc(/C=C2/NC(=S)N(CC3CCCO3)C2=O)cc1CSc1ccccn1. The maximum Gasteiger partial charge on any atom is 0.276 e. The zero-order valence-corrected chi connectivity index (χ0v) is 18.3. The predicted octanol–water partition coefficient (Wildman–Crippen LogP) is 3.62. The van der Waals surface area contributed by atoms with Crippen molar-refractivity contribution in [2.24, 2.45) is 0 Å². The Kier molecular flexibility index (Phi) is 6.66. The Bertz CT molecular complexity index is 959. The molecule has 1 unspecified atom stereocenters. The van der Waals surface area contributed by atoms with Gasteiger partial charge in [-0.15, -0.1) is 11.8 Å². The summed E-state index contributed by atoms with van der Waals surface area (Å²) in [5.74, 6) is 1.40. The first-order valence-corrected chi connectivity index (χ1v) is 11.2. The van der Waals surface area contributed by atoms with E-state index < -0.39 is 0 Å². The number of benzene rings is 1.